The zero-order chi connectivity index (χ0) is 27.1. The van der Waals surface area contributed by atoms with Crippen molar-refractivity contribution in [2.45, 2.75) is 17.4 Å². The number of aromatic nitrogens is 2. The molecule has 0 fully saturated rings. The molecule has 1 unspecified atom stereocenters. The number of urea groups is 1. The highest BCUT2D eigenvalue weighted by Crippen LogP contribution is 2.23. The van der Waals surface area contributed by atoms with Crippen molar-refractivity contribution in [3.05, 3.63) is 108 Å². The number of hydrogen-bond acceptors (Lipinski definition) is 6. The molecule has 0 bridgehead atoms. The summed E-state index contributed by atoms with van der Waals surface area (Å²) in [6.07, 6.45) is 3.04. The summed E-state index contributed by atoms with van der Waals surface area (Å²) in [5.41, 5.74) is 2.14. The van der Waals surface area contributed by atoms with E-state index in [1.807, 2.05) is 35.1 Å². The lowest BCUT2D eigenvalue weighted by molar-refractivity contribution is 0.187. The van der Waals surface area contributed by atoms with Crippen molar-refractivity contribution in [1.82, 2.24) is 19.6 Å². The van der Waals surface area contributed by atoms with Gasteiger partial charge in [0.2, 0.25) is 0 Å². The number of rotatable bonds is 8. The van der Waals surface area contributed by atoms with E-state index in [-0.39, 0.29) is 9.92 Å². The fourth-order valence-electron chi connectivity index (χ4n) is 3.75. The first-order valence-electron chi connectivity index (χ1n) is 11.4. The molecule has 3 aromatic carbocycles. The summed E-state index contributed by atoms with van der Waals surface area (Å²) in [6, 6.07) is 20.5. The molecule has 1 atom stereocenters. The third kappa shape index (κ3) is 6.50. The van der Waals surface area contributed by atoms with Crippen molar-refractivity contribution in [3.63, 3.8) is 0 Å². The van der Waals surface area contributed by atoms with E-state index in [4.69, 9.17) is 11.6 Å². The van der Waals surface area contributed by atoms with Crippen LogP contribution in [0.2, 0.25) is 5.02 Å². The van der Waals surface area contributed by atoms with Gasteiger partial charge in [-0.3, -0.25) is 5.32 Å². The highest BCUT2D eigenvalue weighted by molar-refractivity contribution is 7.90. The van der Waals surface area contributed by atoms with Gasteiger partial charge in [0, 0.05) is 23.8 Å². The number of nitrogens with one attached hydrogen (secondary N) is 3. The molecule has 0 saturated heterocycles. The Morgan fingerprint density at radius 3 is 2.37 bits per heavy atom. The third-order valence-electron chi connectivity index (χ3n) is 5.50. The fraction of sp³-hybridized carbons (Fsp3) is 0.115. The number of nitrogens with zero attached hydrogens (tertiary/aromatic N) is 2. The Bertz CT molecular complexity index is 1530. The van der Waals surface area contributed by atoms with E-state index in [0.717, 1.165) is 5.56 Å². The molecule has 0 spiro atoms. The molecule has 10 nitrogen and oxygen atoms in total. The van der Waals surface area contributed by atoms with E-state index in [1.165, 1.54) is 25.3 Å². The highest BCUT2D eigenvalue weighted by Gasteiger charge is 2.25. The topological polar surface area (TPSA) is 131 Å². The monoisotopic (exact) mass is 553 g/mol. The number of benzene rings is 3. The van der Waals surface area contributed by atoms with Crippen molar-refractivity contribution >= 4 is 39.4 Å². The zero-order valence-electron chi connectivity index (χ0n) is 20.2. The predicted molar refractivity (Wildman–Crippen MR) is 143 cm³/mol. The first-order chi connectivity index (χ1) is 18.3. The van der Waals surface area contributed by atoms with Crippen LogP contribution in [0.1, 0.15) is 17.4 Å². The second-order valence-electron chi connectivity index (χ2n) is 8.07. The van der Waals surface area contributed by atoms with Gasteiger partial charge < -0.3 is 14.6 Å². The Hall–Kier alpha value is -4.35. The molecule has 0 aliphatic heterocycles. The molecule has 3 amide bonds. The maximum atomic E-state index is 12.9. The molecule has 1 heterocycles. The Labute approximate surface area is 224 Å². The first-order valence-corrected chi connectivity index (χ1v) is 13.2. The van der Waals surface area contributed by atoms with Crippen LogP contribution in [0.5, 0.6) is 0 Å². The van der Waals surface area contributed by atoms with Gasteiger partial charge in [0.05, 0.1) is 18.2 Å². The predicted octanol–water partition coefficient (Wildman–Crippen LogP) is 4.68. The van der Waals surface area contributed by atoms with E-state index in [1.54, 1.807) is 47.3 Å². The van der Waals surface area contributed by atoms with Crippen LogP contribution in [0, 0.1) is 0 Å². The van der Waals surface area contributed by atoms with Gasteiger partial charge >= 0.3 is 12.1 Å². The van der Waals surface area contributed by atoms with Crippen LogP contribution in [-0.4, -0.2) is 37.2 Å². The van der Waals surface area contributed by atoms with Gasteiger partial charge in [-0.25, -0.2) is 27.7 Å². The number of carbonyl (C=O) groups excluding carboxylic acids is 2. The number of sulfonamides is 1. The summed E-state index contributed by atoms with van der Waals surface area (Å²) in [5, 5.41) is 5.32. The van der Waals surface area contributed by atoms with Gasteiger partial charge in [-0.2, -0.15) is 0 Å². The Balaban J connectivity index is 1.61. The van der Waals surface area contributed by atoms with Gasteiger partial charge in [0.25, 0.3) is 10.0 Å². The summed E-state index contributed by atoms with van der Waals surface area (Å²) in [5.74, 6) is 0.466. The molecular formula is C26H24ClN5O5S. The number of methoxy groups -OCH3 is 1. The number of halogens is 1. The molecule has 0 radical (unpaired) electrons. The van der Waals surface area contributed by atoms with Crippen LogP contribution in [0.15, 0.2) is 96.2 Å². The maximum absolute atomic E-state index is 12.9. The minimum Gasteiger partial charge on any atom is -0.453 e. The molecule has 0 saturated carbocycles. The van der Waals surface area contributed by atoms with Crippen LogP contribution in [0.3, 0.4) is 0 Å². The molecule has 3 N–H and O–H groups in total. The maximum Gasteiger partial charge on any atom is 0.411 e. The van der Waals surface area contributed by atoms with E-state index in [2.05, 4.69) is 20.4 Å². The number of anilines is 1. The van der Waals surface area contributed by atoms with Gasteiger partial charge in [-0.15, -0.1) is 0 Å². The molecule has 4 rings (SSSR count). The Kier molecular flexibility index (Phi) is 8.29. The van der Waals surface area contributed by atoms with Crippen LogP contribution in [-0.2, 0) is 21.2 Å². The average molecular weight is 554 g/mol. The van der Waals surface area contributed by atoms with Gasteiger partial charge in [0.1, 0.15) is 10.7 Å². The molecular weight excluding hydrogens is 530 g/mol. The second-order valence-corrected chi connectivity index (χ2v) is 10.1. The number of amides is 3. The largest absolute Gasteiger partial charge is 0.453 e. The van der Waals surface area contributed by atoms with Crippen molar-refractivity contribution in [2.75, 3.05) is 12.4 Å². The van der Waals surface area contributed by atoms with Gasteiger partial charge in [-0.05, 0) is 48.4 Å². The molecule has 1 aromatic heterocycles. The minimum absolute atomic E-state index is 0.00526. The summed E-state index contributed by atoms with van der Waals surface area (Å²) in [4.78, 5) is 28.7. The van der Waals surface area contributed by atoms with E-state index in [9.17, 15) is 18.0 Å². The van der Waals surface area contributed by atoms with Gasteiger partial charge in [-0.1, -0.05) is 54.1 Å². The van der Waals surface area contributed by atoms with Crippen LogP contribution in [0.4, 0.5) is 15.3 Å². The SMILES string of the molecule is COC(=O)Nc1ccc(-n2ccnc2C(Cc2ccccc2)NC(=O)NS(=O)(=O)c2ccccc2Cl)cc1. The normalized spacial score (nSPS) is 11.8. The number of carbonyl (C=O) groups is 2. The molecule has 196 valence electrons. The fourth-order valence-corrected chi connectivity index (χ4v) is 5.19. The molecule has 0 aliphatic rings. The van der Waals surface area contributed by atoms with Crippen LogP contribution in [0.25, 0.3) is 5.69 Å². The number of ether oxygens (including phenoxy) is 1. The van der Waals surface area contributed by atoms with Crippen LogP contribution >= 0.6 is 11.6 Å². The molecule has 0 aliphatic carbocycles. The lowest BCUT2D eigenvalue weighted by Gasteiger charge is -2.21. The van der Waals surface area contributed by atoms with Crippen molar-refractivity contribution in [3.8, 4) is 5.69 Å². The Morgan fingerprint density at radius 2 is 1.68 bits per heavy atom. The Morgan fingerprint density at radius 1 is 1.00 bits per heavy atom. The van der Waals surface area contributed by atoms with E-state index >= 15 is 0 Å². The molecule has 12 heteroatoms. The third-order valence-corrected chi connectivity index (χ3v) is 7.33. The van der Waals surface area contributed by atoms with E-state index in [0.29, 0.717) is 23.6 Å². The molecule has 4 aromatic rings. The molecule has 38 heavy (non-hydrogen) atoms. The minimum atomic E-state index is -4.22. The standard InChI is InChI=1S/C26H24ClN5O5S/c1-37-26(34)29-19-11-13-20(14-12-19)32-16-15-28-24(32)22(17-18-7-3-2-4-8-18)30-25(33)31-38(35,36)23-10-6-5-9-21(23)27/h2-16,22H,17H2,1H3,(H,29,34)(H2,30,31,33). The number of imidazole rings is 1. The summed E-state index contributed by atoms with van der Waals surface area (Å²) in [6.45, 7) is 0. The summed E-state index contributed by atoms with van der Waals surface area (Å²) < 4.78 is 34.0. The second kappa shape index (κ2) is 11.8. The highest BCUT2D eigenvalue weighted by atomic mass is 35.5. The van der Waals surface area contributed by atoms with Crippen molar-refractivity contribution in [1.29, 1.82) is 0 Å². The quantitative estimate of drug-likeness (QED) is 0.290. The average Bonchev–Trinajstić information content (AvgIpc) is 3.39. The number of hydrogen-bond donors (Lipinski definition) is 3. The lowest BCUT2D eigenvalue weighted by atomic mass is 10.1. The summed E-state index contributed by atoms with van der Waals surface area (Å²) in [7, 11) is -2.95. The van der Waals surface area contributed by atoms with E-state index < -0.39 is 28.2 Å². The first kappa shape index (κ1) is 26.7. The smallest absolute Gasteiger partial charge is 0.411 e. The van der Waals surface area contributed by atoms with Crippen molar-refractivity contribution in [2.24, 2.45) is 0 Å². The van der Waals surface area contributed by atoms with Gasteiger partial charge in [0.15, 0.2) is 0 Å². The van der Waals surface area contributed by atoms with Crippen molar-refractivity contribution < 1.29 is 22.7 Å². The zero-order valence-corrected chi connectivity index (χ0v) is 21.7. The lowest BCUT2D eigenvalue weighted by Crippen LogP contribution is -2.42. The summed E-state index contributed by atoms with van der Waals surface area (Å²) >= 11 is 6.03. The van der Waals surface area contributed by atoms with Crippen LogP contribution < -0.4 is 15.4 Å².